The molecule has 9 nitrogen and oxygen atoms in total. The van der Waals surface area contributed by atoms with Gasteiger partial charge < -0.3 is 5.11 Å². The first-order chi connectivity index (χ1) is 25.7. The van der Waals surface area contributed by atoms with Crippen LogP contribution in [-0.2, 0) is 30.8 Å². The van der Waals surface area contributed by atoms with E-state index in [1.54, 1.807) is 54.6 Å². The molecule has 1 saturated carbocycles. The monoisotopic (exact) mass is 794 g/mol. The molecule has 15 heteroatoms. The van der Waals surface area contributed by atoms with Crippen LogP contribution in [0.3, 0.4) is 0 Å². The van der Waals surface area contributed by atoms with Crippen molar-refractivity contribution in [2.75, 3.05) is 17.0 Å². The molecule has 276 valence electrons. The number of nitrogens with zero attached hydrogens (tertiary/aromatic N) is 4. The molecule has 4 amide bonds. The number of amides is 4. The van der Waals surface area contributed by atoms with Crippen LogP contribution in [-0.4, -0.2) is 45.8 Å². The number of carbonyl (C=O) groups is 4. The van der Waals surface area contributed by atoms with Crippen molar-refractivity contribution in [3.63, 3.8) is 0 Å². The standard InChI is InChI=1S/C39H28Cl3F3N4O5/c1-47(33-28(42)13-15-30(46-33)39(43,44)45)49-34(51)24-12-11-23-25(31(24)36(49)53)18-27-35(52)48(22-9-5-8-20(40)16-22)37(54)38(27,19-6-3-2-4-7-19)32(23)26-17-21(41)10-14-29(26)50/h2-11,13-17,24-25,27,31-32,50H,12,18H2,1H3. The number of rotatable bonds is 5. The number of aromatic hydroxyl groups is 1. The molecule has 3 fully saturated rings. The second-order valence-corrected chi connectivity index (χ2v) is 15.1. The summed E-state index contributed by atoms with van der Waals surface area (Å²) in [5.41, 5.74) is -1.41. The molecular formula is C39H28Cl3F3N4O5. The van der Waals surface area contributed by atoms with Gasteiger partial charge in [0.05, 0.1) is 33.9 Å². The lowest BCUT2D eigenvalue weighted by molar-refractivity contribution is -0.141. The molecule has 0 bridgehead atoms. The molecule has 54 heavy (non-hydrogen) atoms. The lowest BCUT2D eigenvalue weighted by Crippen LogP contribution is -2.53. The molecule has 4 aliphatic rings. The Morgan fingerprint density at radius 1 is 0.852 bits per heavy atom. The lowest BCUT2D eigenvalue weighted by atomic mass is 9.49. The van der Waals surface area contributed by atoms with Gasteiger partial charge in [-0.2, -0.15) is 18.2 Å². The summed E-state index contributed by atoms with van der Waals surface area (Å²) in [6.45, 7) is 0. The Kier molecular flexibility index (Phi) is 8.59. The van der Waals surface area contributed by atoms with Crippen LogP contribution < -0.4 is 9.91 Å². The van der Waals surface area contributed by atoms with E-state index < -0.39 is 76.3 Å². The molecule has 0 radical (unpaired) electrons. The number of phenolic OH excluding ortho intramolecular Hbond substituents is 1. The third-order valence-corrected chi connectivity index (χ3v) is 11.9. The third kappa shape index (κ3) is 5.25. The van der Waals surface area contributed by atoms with Gasteiger partial charge in [-0.15, -0.1) is 0 Å². The minimum atomic E-state index is -4.83. The average molecular weight is 796 g/mol. The Morgan fingerprint density at radius 2 is 1.57 bits per heavy atom. The highest BCUT2D eigenvalue weighted by Crippen LogP contribution is 2.65. The number of allylic oxidation sites excluding steroid dienone is 2. The highest BCUT2D eigenvalue weighted by atomic mass is 35.5. The number of hydrogen-bond donors (Lipinski definition) is 1. The van der Waals surface area contributed by atoms with Crippen molar-refractivity contribution in [1.29, 1.82) is 0 Å². The maximum atomic E-state index is 15.3. The molecule has 1 N–H and O–H groups in total. The number of hydrazine groups is 1. The molecule has 3 heterocycles. The molecule has 2 saturated heterocycles. The number of halogens is 6. The van der Waals surface area contributed by atoms with Gasteiger partial charge in [0.1, 0.15) is 11.4 Å². The van der Waals surface area contributed by atoms with E-state index in [-0.39, 0.29) is 44.9 Å². The van der Waals surface area contributed by atoms with Crippen molar-refractivity contribution in [3.05, 3.63) is 128 Å². The average Bonchev–Trinajstić information content (AvgIpc) is 3.53. The summed E-state index contributed by atoms with van der Waals surface area (Å²) in [6, 6.07) is 21.1. The first kappa shape index (κ1) is 36.1. The summed E-state index contributed by atoms with van der Waals surface area (Å²) in [6.07, 6.45) is -3.09. The van der Waals surface area contributed by atoms with E-state index in [4.69, 9.17) is 34.8 Å². The first-order valence-electron chi connectivity index (χ1n) is 16.9. The molecule has 4 aromatic rings. The van der Waals surface area contributed by atoms with Crippen LogP contribution >= 0.6 is 34.8 Å². The van der Waals surface area contributed by atoms with E-state index in [1.165, 1.54) is 31.3 Å². The maximum absolute atomic E-state index is 15.3. The Hall–Kier alpha value is -4.91. The quantitative estimate of drug-likeness (QED) is 0.161. The number of imide groups is 2. The van der Waals surface area contributed by atoms with Gasteiger partial charge in [-0.3, -0.25) is 24.2 Å². The first-order valence-corrected chi connectivity index (χ1v) is 18.0. The summed E-state index contributed by atoms with van der Waals surface area (Å²) in [7, 11) is 1.23. The van der Waals surface area contributed by atoms with Crippen LogP contribution in [0.1, 0.15) is 35.6 Å². The highest BCUT2D eigenvalue weighted by molar-refractivity contribution is 6.33. The molecular weight excluding hydrogens is 768 g/mol. The molecule has 8 rings (SSSR count). The summed E-state index contributed by atoms with van der Waals surface area (Å²) in [4.78, 5) is 63.6. The van der Waals surface area contributed by atoms with Gasteiger partial charge in [-0.1, -0.05) is 82.9 Å². The van der Waals surface area contributed by atoms with Crippen LogP contribution in [0, 0.1) is 23.7 Å². The van der Waals surface area contributed by atoms with E-state index in [1.807, 2.05) is 0 Å². The number of phenols is 1. The number of carbonyl (C=O) groups excluding carboxylic acids is 4. The predicted molar refractivity (Wildman–Crippen MR) is 194 cm³/mol. The fourth-order valence-corrected chi connectivity index (χ4v) is 9.63. The third-order valence-electron chi connectivity index (χ3n) is 11.2. The van der Waals surface area contributed by atoms with Gasteiger partial charge in [0.15, 0.2) is 5.82 Å². The van der Waals surface area contributed by atoms with Crippen molar-refractivity contribution < 1.29 is 37.5 Å². The Bertz CT molecular complexity index is 2310. The molecule has 6 atom stereocenters. The van der Waals surface area contributed by atoms with Crippen LogP contribution in [0.15, 0.2) is 96.6 Å². The SMILES string of the molecule is CN(c1nc(C(F)(F)F)ccc1Cl)N1C(=O)C2CC=C3C(CC4C(=O)N(c5cccc(Cl)c5)C(=O)C4(c4ccccc4)C3c3cc(Cl)ccc3O)C2C1=O. The lowest BCUT2D eigenvalue weighted by Gasteiger charge is -2.50. The van der Waals surface area contributed by atoms with Crippen molar-refractivity contribution >= 4 is 69.9 Å². The van der Waals surface area contributed by atoms with Crippen molar-refractivity contribution in [2.45, 2.75) is 30.4 Å². The molecule has 3 aromatic carbocycles. The molecule has 1 aromatic heterocycles. The fourth-order valence-electron chi connectivity index (χ4n) is 9.03. The van der Waals surface area contributed by atoms with E-state index in [0.29, 0.717) is 17.2 Å². The van der Waals surface area contributed by atoms with E-state index in [9.17, 15) is 32.7 Å². The van der Waals surface area contributed by atoms with Crippen LogP contribution in [0.4, 0.5) is 24.7 Å². The van der Waals surface area contributed by atoms with E-state index in [2.05, 4.69) is 4.98 Å². The summed E-state index contributed by atoms with van der Waals surface area (Å²) < 4.78 is 41.0. The smallest absolute Gasteiger partial charge is 0.433 e. The van der Waals surface area contributed by atoms with Gasteiger partial charge >= 0.3 is 6.18 Å². The van der Waals surface area contributed by atoms with Crippen molar-refractivity contribution in [2.24, 2.45) is 23.7 Å². The minimum Gasteiger partial charge on any atom is -0.508 e. The minimum absolute atomic E-state index is 0.0165. The zero-order valence-electron chi connectivity index (χ0n) is 28.1. The van der Waals surface area contributed by atoms with Gasteiger partial charge in [0.25, 0.3) is 11.8 Å². The second-order valence-electron chi connectivity index (χ2n) is 13.8. The van der Waals surface area contributed by atoms with Crippen LogP contribution in [0.2, 0.25) is 15.1 Å². The summed E-state index contributed by atoms with van der Waals surface area (Å²) >= 11 is 19.2. The number of aromatic nitrogens is 1. The normalized spacial score (nSPS) is 26.4. The van der Waals surface area contributed by atoms with Gasteiger partial charge in [0.2, 0.25) is 11.8 Å². The van der Waals surface area contributed by atoms with Gasteiger partial charge in [-0.05, 0) is 72.9 Å². The second kappa shape index (κ2) is 12.9. The number of benzene rings is 3. The molecule has 6 unspecified atom stereocenters. The summed E-state index contributed by atoms with van der Waals surface area (Å²) in [5.74, 6) is -8.28. The molecule has 2 aliphatic carbocycles. The molecule has 0 spiro atoms. The van der Waals surface area contributed by atoms with E-state index >= 15 is 4.79 Å². The van der Waals surface area contributed by atoms with Crippen LogP contribution in [0.25, 0.3) is 0 Å². The number of pyridine rings is 1. The Labute approximate surface area is 321 Å². The zero-order chi connectivity index (χ0) is 38.4. The largest absolute Gasteiger partial charge is 0.508 e. The van der Waals surface area contributed by atoms with Crippen LogP contribution in [0.5, 0.6) is 5.75 Å². The Morgan fingerprint density at radius 3 is 2.28 bits per heavy atom. The van der Waals surface area contributed by atoms with E-state index in [0.717, 1.165) is 21.0 Å². The van der Waals surface area contributed by atoms with Gasteiger partial charge in [-0.25, -0.2) is 9.88 Å². The Balaban J connectivity index is 1.31. The predicted octanol–water partition coefficient (Wildman–Crippen LogP) is 7.98. The highest BCUT2D eigenvalue weighted by Gasteiger charge is 2.70. The topological polar surface area (TPSA) is 111 Å². The number of fused-ring (bicyclic) bond motifs is 4. The maximum Gasteiger partial charge on any atom is 0.433 e. The fraction of sp³-hybridized carbons (Fsp3) is 0.256. The summed E-state index contributed by atoms with van der Waals surface area (Å²) in [5, 5.41) is 13.5. The van der Waals surface area contributed by atoms with Crippen molar-refractivity contribution in [3.8, 4) is 5.75 Å². The number of anilines is 2. The number of alkyl halides is 3. The van der Waals surface area contributed by atoms with Crippen molar-refractivity contribution in [1.82, 2.24) is 9.99 Å². The van der Waals surface area contributed by atoms with Gasteiger partial charge in [0, 0.05) is 28.6 Å². The zero-order valence-corrected chi connectivity index (χ0v) is 30.4. The number of hydrogen-bond acceptors (Lipinski definition) is 7. The molecule has 2 aliphatic heterocycles.